The summed E-state index contributed by atoms with van der Waals surface area (Å²) in [4.78, 5) is 11.2. The van der Waals surface area contributed by atoms with E-state index in [-0.39, 0.29) is 12.0 Å². The second-order valence-electron chi connectivity index (χ2n) is 5.47. The first kappa shape index (κ1) is 14.5. The molecule has 2 N–H and O–H groups in total. The van der Waals surface area contributed by atoms with Gasteiger partial charge in [0.15, 0.2) is 0 Å². The summed E-state index contributed by atoms with van der Waals surface area (Å²) in [5.41, 5.74) is 0. The van der Waals surface area contributed by atoms with Gasteiger partial charge in [-0.3, -0.25) is 4.79 Å². The molecule has 1 aliphatic carbocycles. The maximum Gasteiger partial charge on any atom is 0.320 e. The summed E-state index contributed by atoms with van der Waals surface area (Å²) in [7, 11) is 0. The van der Waals surface area contributed by atoms with Gasteiger partial charge in [-0.25, -0.2) is 0 Å². The summed E-state index contributed by atoms with van der Waals surface area (Å²) < 4.78 is 0. The van der Waals surface area contributed by atoms with E-state index in [0.717, 1.165) is 13.0 Å². The van der Waals surface area contributed by atoms with Gasteiger partial charge in [0, 0.05) is 0 Å². The minimum atomic E-state index is -0.701. The Hall–Kier alpha value is -0.570. The zero-order valence-corrected chi connectivity index (χ0v) is 11.2. The van der Waals surface area contributed by atoms with Crippen LogP contribution in [0.2, 0.25) is 0 Å². The van der Waals surface area contributed by atoms with Crippen LogP contribution in [-0.4, -0.2) is 23.7 Å². The van der Waals surface area contributed by atoms with Crippen molar-refractivity contribution < 1.29 is 9.90 Å². The van der Waals surface area contributed by atoms with E-state index in [1.165, 1.54) is 38.5 Å². The molecule has 1 saturated carbocycles. The van der Waals surface area contributed by atoms with Crippen molar-refractivity contribution in [1.82, 2.24) is 5.32 Å². The number of nitrogens with one attached hydrogen (secondary N) is 1. The molecule has 100 valence electrons. The van der Waals surface area contributed by atoms with E-state index in [1.54, 1.807) is 0 Å². The molecule has 0 aliphatic heterocycles. The number of carbonyl (C=O) groups is 1. The van der Waals surface area contributed by atoms with Crippen LogP contribution in [0.5, 0.6) is 0 Å². The average Bonchev–Trinajstić information content (AvgIpc) is 2.57. The first-order valence-electron chi connectivity index (χ1n) is 7.11. The predicted molar refractivity (Wildman–Crippen MR) is 70.1 cm³/mol. The van der Waals surface area contributed by atoms with Crippen LogP contribution in [0.4, 0.5) is 0 Å². The number of rotatable bonds is 6. The molecule has 0 aromatic heterocycles. The van der Waals surface area contributed by atoms with Crippen LogP contribution >= 0.6 is 0 Å². The van der Waals surface area contributed by atoms with Gasteiger partial charge in [0.25, 0.3) is 0 Å². The van der Waals surface area contributed by atoms with Crippen molar-refractivity contribution in [3.05, 3.63) is 0 Å². The molecule has 0 bridgehead atoms. The largest absolute Gasteiger partial charge is 0.480 e. The van der Waals surface area contributed by atoms with Gasteiger partial charge in [0.2, 0.25) is 0 Å². The molecule has 0 radical (unpaired) electrons. The molecule has 3 heteroatoms. The molecule has 0 amide bonds. The third-order valence-electron chi connectivity index (χ3n) is 4.08. The van der Waals surface area contributed by atoms with Crippen LogP contribution in [0.3, 0.4) is 0 Å². The van der Waals surface area contributed by atoms with E-state index in [1.807, 2.05) is 13.8 Å². The molecule has 1 aliphatic rings. The van der Waals surface area contributed by atoms with Crippen LogP contribution in [0.15, 0.2) is 0 Å². The molecule has 0 unspecified atom stereocenters. The van der Waals surface area contributed by atoms with E-state index in [0.29, 0.717) is 5.92 Å². The molecular weight excluding hydrogens is 214 g/mol. The highest BCUT2D eigenvalue weighted by molar-refractivity contribution is 5.73. The van der Waals surface area contributed by atoms with Crippen molar-refractivity contribution in [3.63, 3.8) is 0 Å². The third-order valence-corrected chi connectivity index (χ3v) is 4.08. The standard InChI is InChI=1S/C14H27NO2/c1-3-11(2)13(14(16)17)15-10-12-8-6-4-5-7-9-12/h11-13,15H,3-10H2,1-2H3,(H,16,17)/t11-,13-/m0/s1. The maximum absolute atomic E-state index is 11.2. The van der Waals surface area contributed by atoms with Gasteiger partial charge in [-0.05, 0) is 31.2 Å². The molecular formula is C14H27NO2. The Bertz CT molecular complexity index is 222. The Kier molecular flexibility index (Phi) is 6.56. The van der Waals surface area contributed by atoms with E-state index in [2.05, 4.69) is 5.32 Å². The van der Waals surface area contributed by atoms with Crippen LogP contribution < -0.4 is 5.32 Å². The highest BCUT2D eigenvalue weighted by atomic mass is 16.4. The first-order chi connectivity index (χ1) is 8.15. The van der Waals surface area contributed by atoms with Crippen molar-refractivity contribution in [3.8, 4) is 0 Å². The second-order valence-corrected chi connectivity index (χ2v) is 5.47. The lowest BCUT2D eigenvalue weighted by Gasteiger charge is -2.23. The lowest BCUT2D eigenvalue weighted by Crippen LogP contribution is -2.43. The third kappa shape index (κ3) is 5.07. The number of aliphatic carboxylic acids is 1. The molecule has 2 atom stereocenters. The molecule has 0 saturated heterocycles. The molecule has 1 rings (SSSR count). The fraction of sp³-hybridized carbons (Fsp3) is 0.929. The molecule has 0 spiro atoms. The van der Waals surface area contributed by atoms with Gasteiger partial charge in [-0.1, -0.05) is 46.0 Å². The average molecular weight is 241 g/mol. The van der Waals surface area contributed by atoms with E-state index in [9.17, 15) is 9.90 Å². The predicted octanol–water partition coefficient (Wildman–Crippen LogP) is 3.05. The zero-order valence-electron chi connectivity index (χ0n) is 11.2. The van der Waals surface area contributed by atoms with Crippen molar-refractivity contribution in [2.45, 2.75) is 64.8 Å². The van der Waals surface area contributed by atoms with E-state index in [4.69, 9.17) is 0 Å². The van der Waals surface area contributed by atoms with Gasteiger partial charge in [0.05, 0.1) is 0 Å². The molecule has 0 aromatic rings. The molecule has 3 nitrogen and oxygen atoms in total. The maximum atomic E-state index is 11.2. The number of carboxylic acids is 1. The quantitative estimate of drug-likeness (QED) is 0.703. The van der Waals surface area contributed by atoms with Gasteiger partial charge in [-0.2, -0.15) is 0 Å². The molecule has 0 aromatic carbocycles. The summed E-state index contributed by atoms with van der Waals surface area (Å²) >= 11 is 0. The SMILES string of the molecule is CC[C@H](C)[C@H](NCC1CCCCCC1)C(=O)O. The van der Waals surface area contributed by atoms with Crippen LogP contribution in [0.1, 0.15) is 58.8 Å². The monoisotopic (exact) mass is 241 g/mol. The molecule has 1 fully saturated rings. The normalized spacial score (nSPS) is 21.8. The smallest absolute Gasteiger partial charge is 0.320 e. The first-order valence-corrected chi connectivity index (χ1v) is 7.11. The lowest BCUT2D eigenvalue weighted by molar-refractivity contribution is -0.140. The summed E-state index contributed by atoms with van der Waals surface area (Å²) in [5.74, 6) is 0.189. The summed E-state index contributed by atoms with van der Waals surface area (Å²) in [5, 5.41) is 12.5. The van der Waals surface area contributed by atoms with Gasteiger partial charge in [-0.15, -0.1) is 0 Å². The van der Waals surface area contributed by atoms with Gasteiger partial charge < -0.3 is 10.4 Å². The Morgan fingerprint density at radius 3 is 2.35 bits per heavy atom. The topological polar surface area (TPSA) is 49.3 Å². The molecule has 0 heterocycles. The summed E-state index contributed by atoms with van der Waals surface area (Å²) in [6.45, 7) is 4.94. The minimum absolute atomic E-state index is 0.207. The zero-order chi connectivity index (χ0) is 12.7. The van der Waals surface area contributed by atoms with Gasteiger partial charge >= 0.3 is 5.97 Å². The van der Waals surface area contributed by atoms with E-state index >= 15 is 0 Å². The highest BCUT2D eigenvalue weighted by Gasteiger charge is 2.24. The Morgan fingerprint density at radius 2 is 1.88 bits per heavy atom. The Morgan fingerprint density at radius 1 is 1.29 bits per heavy atom. The Labute approximate surface area is 105 Å². The van der Waals surface area contributed by atoms with Crippen molar-refractivity contribution in [2.24, 2.45) is 11.8 Å². The second kappa shape index (κ2) is 7.70. The minimum Gasteiger partial charge on any atom is -0.480 e. The number of hydrogen-bond donors (Lipinski definition) is 2. The van der Waals surface area contributed by atoms with Crippen LogP contribution in [-0.2, 0) is 4.79 Å². The van der Waals surface area contributed by atoms with Crippen LogP contribution in [0, 0.1) is 11.8 Å². The number of hydrogen-bond acceptors (Lipinski definition) is 2. The van der Waals surface area contributed by atoms with E-state index < -0.39 is 5.97 Å². The fourth-order valence-corrected chi connectivity index (χ4v) is 2.63. The fourth-order valence-electron chi connectivity index (χ4n) is 2.63. The van der Waals surface area contributed by atoms with Crippen molar-refractivity contribution in [2.75, 3.05) is 6.54 Å². The van der Waals surface area contributed by atoms with Gasteiger partial charge in [0.1, 0.15) is 6.04 Å². The lowest BCUT2D eigenvalue weighted by atomic mass is 9.96. The Balaban J connectivity index is 2.37. The number of carboxylic acid groups (broad SMARTS) is 1. The molecule has 17 heavy (non-hydrogen) atoms. The van der Waals surface area contributed by atoms with Crippen molar-refractivity contribution >= 4 is 5.97 Å². The van der Waals surface area contributed by atoms with Crippen molar-refractivity contribution in [1.29, 1.82) is 0 Å². The summed E-state index contributed by atoms with van der Waals surface area (Å²) in [6, 6.07) is -0.372. The van der Waals surface area contributed by atoms with Crippen LogP contribution in [0.25, 0.3) is 0 Å². The summed E-state index contributed by atoms with van der Waals surface area (Å²) in [6.07, 6.45) is 8.77. The highest BCUT2D eigenvalue weighted by Crippen LogP contribution is 2.22.